The summed E-state index contributed by atoms with van der Waals surface area (Å²) in [7, 11) is -3.67. The van der Waals surface area contributed by atoms with Crippen LogP contribution in [-0.4, -0.2) is 20.2 Å². The predicted octanol–water partition coefficient (Wildman–Crippen LogP) is 2.29. The first-order valence-electron chi connectivity index (χ1n) is 4.92. The Hall–Kier alpha value is -1.24. The third-order valence-electron chi connectivity index (χ3n) is 2.73. The van der Waals surface area contributed by atoms with Crippen molar-refractivity contribution in [2.75, 3.05) is 11.9 Å². The molecule has 94 valence electrons. The van der Waals surface area contributed by atoms with Crippen LogP contribution in [0.2, 0.25) is 0 Å². The number of hydrogen-bond acceptors (Lipinski definition) is 3. The average molecular weight is 265 g/mol. The fraction of sp³-hybridized carbons (Fsp3) is 0.400. The van der Waals surface area contributed by atoms with Crippen LogP contribution in [-0.2, 0) is 16.0 Å². The molecule has 0 radical (unpaired) electrons. The lowest BCUT2D eigenvalue weighted by Gasteiger charge is -2.26. The first kappa shape index (κ1) is 12.2. The van der Waals surface area contributed by atoms with E-state index in [1.165, 1.54) is 13.0 Å². The van der Waals surface area contributed by atoms with Crippen molar-refractivity contribution in [3.63, 3.8) is 0 Å². The molecule has 17 heavy (non-hydrogen) atoms. The number of sulfone groups is 1. The molecule has 2 rings (SSSR count). The molecule has 0 fully saturated rings. The first-order valence-corrected chi connectivity index (χ1v) is 6.47. The highest BCUT2D eigenvalue weighted by Crippen LogP contribution is 2.40. The Morgan fingerprint density at radius 2 is 2.00 bits per heavy atom. The molecule has 3 nitrogen and oxygen atoms in total. The molecule has 0 saturated carbocycles. The summed E-state index contributed by atoms with van der Waals surface area (Å²) in [6, 6.07) is 3.18. The number of alkyl halides is 3. The molecule has 0 amide bonds. The van der Waals surface area contributed by atoms with E-state index in [9.17, 15) is 21.6 Å². The van der Waals surface area contributed by atoms with Gasteiger partial charge in [-0.15, -0.1) is 0 Å². The molecule has 1 unspecified atom stereocenters. The van der Waals surface area contributed by atoms with Gasteiger partial charge in [-0.3, -0.25) is 0 Å². The summed E-state index contributed by atoms with van der Waals surface area (Å²) in [5, 5.41) is 1.82. The quantitative estimate of drug-likeness (QED) is 0.783. The second-order valence-corrected chi connectivity index (χ2v) is 6.25. The molecule has 1 N–H and O–H groups in total. The number of halogens is 3. The zero-order valence-electron chi connectivity index (χ0n) is 8.88. The highest BCUT2D eigenvalue weighted by Gasteiger charge is 2.39. The summed E-state index contributed by atoms with van der Waals surface area (Å²) in [6.07, 6.45) is -4.56. The third kappa shape index (κ3) is 1.88. The molecule has 0 spiro atoms. The van der Waals surface area contributed by atoms with Crippen LogP contribution in [0.25, 0.3) is 0 Å². The number of hydrogen-bond donors (Lipinski definition) is 1. The highest BCUT2D eigenvalue weighted by atomic mass is 32.2. The number of para-hydroxylation sites is 1. The molecule has 0 aromatic heterocycles. The van der Waals surface area contributed by atoms with Crippen LogP contribution in [0.3, 0.4) is 0 Å². The fourth-order valence-electron chi connectivity index (χ4n) is 1.76. The summed E-state index contributed by atoms with van der Waals surface area (Å²) >= 11 is 0. The Balaban J connectivity index is 2.71. The Morgan fingerprint density at radius 1 is 1.35 bits per heavy atom. The van der Waals surface area contributed by atoms with Gasteiger partial charge in [-0.2, -0.15) is 13.2 Å². The molecule has 1 heterocycles. The Bertz CT molecular complexity index is 551. The molecule has 1 aliphatic heterocycles. The van der Waals surface area contributed by atoms with E-state index in [-0.39, 0.29) is 17.1 Å². The molecule has 7 heteroatoms. The van der Waals surface area contributed by atoms with Gasteiger partial charge >= 0.3 is 6.18 Å². The van der Waals surface area contributed by atoms with Crippen molar-refractivity contribution >= 4 is 15.5 Å². The minimum atomic E-state index is -4.56. The number of rotatable bonds is 0. The van der Waals surface area contributed by atoms with Crippen molar-refractivity contribution < 1.29 is 21.6 Å². The van der Waals surface area contributed by atoms with Crippen molar-refractivity contribution in [3.8, 4) is 0 Å². The van der Waals surface area contributed by atoms with Gasteiger partial charge in [0.2, 0.25) is 0 Å². The number of fused-ring (bicyclic) bond motifs is 1. The maximum absolute atomic E-state index is 12.7. The molecular weight excluding hydrogens is 255 g/mol. The number of anilines is 1. The topological polar surface area (TPSA) is 46.2 Å². The van der Waals surface area contributed by atoms with Gasteiger partial charge in [0.1, 0.15) is 0 Å². The van der Waals surface area contributed by atoms with E-state index in [1.807, 2.05) is 0 Å². The molecule has 1 aromatic rings. The minimum Gasteiger partial charge on any atom is -0.382 e. The molecule has 1 aliphatic rings. The van der Waals surface area contributed by atoms with Crippen LogP contribution >= 0.6 is 0 Å². The lowest BCUT2D eigenvalue weighted by atomic mass is 10.1. The van der Waals surface area contributed by atoms with E-state index < -0.39 is 26.8 Å². The maximum atomic E-state index is 12.7. The van der Waals surface area contributed by atoms with Crippen LogP contribution in [0.1, 0.15) is 12.5 Å². The molecular formula is C10H10F3NO2S. The number of nitrogens with one attached hydrogen (secondary N) is 1. The van der Waals surface area contributed by atoms with Crippen molar-refractivity contribution in [1.82, 2.24) is 0 Å². The van der Waals surface area contributed by atoms with Gasteiger partial charge in [0.15, 0.2) is 9.84 Å². The van der Waals surface area contributed by atoms with Crippen LogP contribution in [0.5, 0.6) is 0 Å². The van der Waals surface area contributed by atoms with Crippen LogP contribution in [0, 0.1) is 0 Å². The normalized spacial score (nSPS) is 22.7. The number of benzene rings is 1. The molecule has 0 bridgehead atoms. The van der Waals surface area contributed by atoms with Gasteiger partial charge in [0, 0.05) is 6.54 Å². The molecule has 0 aliphatic carbocycles. The molecule has 0 saturated heterocycles. The van der Waals surface area contributed by atoms with E-state index >= 15 is 0 Å². The van der Waals surface area contributed by atoms with E-state index in [4.69, 9.17) is 0 Å². The van der Waals surface area contributed by atoms with E-state index in [2.05, 4.69) is 5.32 Å². The van der Waals surface area contributed by atoms with Crippen molar-refractivity contribution in [1.29, 1.82) is 0 Å². The second-order valence-electron chi connectivity index (χ2n) is 3.91. The summed E-state index contributed by atoms with van der Waals surface area (Å²) in [6.45, 7) is 1.45. The molecule has 1 atom stereocenters. The van der Waals surface area contributed by atoms with Crippen LogP contribution in [0.15, 0.2) is 23.1 Å². The molecule has 1 aromatic carbocycles. The van der Waals surface area contributed by atoms with E-state index in [0.29, 0.717) is 0 Å². The smallest absolute Gasteiger partial charge is 0.382 e. The predicted molar refractivity (Wildman–Crippen MR) is 56.6 cm³/mol. The van der Waals surface area contributed by atoms with Crippen molar-refractivity contribution in [3.05, 3.63) is 23.8 Å². The fourth-order valence-corrected chi connectivity index (χ4v) is 3.23. The standard InChI is InChI=1S/C10H10F3NO2S/c1-6-5-14-9-7(10(11,12)13)3-2-4-8(9)17(6,15)16/h2-4,6,14H,5H2,1H3. The van der Waals surface area contributed by atoms with Crippen LogP contribution < -0.4 is 5.32 Å². The second kappa shape index (κ2) is 3.63. The largest absolute Gasteiger partial charge is 0.418 e. The zero-order valence-corrected chi connectivity index (χ0v) is 9.69. The minimum absolute atomic E-state index is 0.0115. The maximum Gasteiger partial charge on any atom is 0.418 e. The summed E-state index contributed by atoms with van der Waals surface area (Å²) in [5.41, 5.74) is -1.27. The zero-order chi connectivity index (χ0) is 12.8. The van der Waals surface area contributed by atoms with Gasteiger partial charge in [0.05, 0.1) is 21.4 Å². The average Bonchev–Trinajstić information content (AvgIpc) is 2.22. The SMILES string of the molecule is CC1CNc2c(C(F)(F)F)cccc2S1(=O)=O. The third-order valence-corrected chi connectivity index (χ3v) is 4.91. The van der Waals surface area contributed by atoms with Gasteiger partial charge in [-0.05, 0) is 19.1 Å². The van der Waals surface area contributed by atoms with Gasteiger partial charge in [-0.1, -0.05) is 6.07 Å². The van der Waals surface area contributed by atoms with E-state index in [0.717, 1.165) is 12.1 Å². The van der Waals surface area contributed by atoms with Crippen molar-refractivity contribution in [2.45, 2.75) is 23.2 Å². The lowest BCUT2D eigenvalue weighted by molar-refractivity contribution is -0.137. The van der Waals surface area contributed by atoms with Crippen molar-refractivity contribution in [2.24, 2.45) is 0 Å². The first-order chi connectivity index (χ1) is 7.74. The summed E-state index contributed by atoms with van der Waals surface area (Å²) in [5.74, 6) is 0. The van der Waals surface area contributed by atoms with Gasteiger partial charge in [-0.25, -0.2) is 8.42 Å². The lowest BCUT2D eigenvalue weighted by Crippen LogP contribution is -2.33. The highest BCUT2D eigenvalue weighted by molar-refractivity contribution is 7.92. The Kier molecular flexibility index (Phi) is 2.61. The summed E-state index contributed by atoms with van der Waals surface area (Å²) < 4.78 is 61.8. The van der Waals surface area contributed by atoms with E-state index in [1.54, 1.807) is 0 Å². The monoisotopic (exact) mass is 265 g/mol. The summed E-state index contributed by atoms with van der Waals surface area (Å²) in [4.78, 5) is -0.272. The Labute approximate surface area is 96.6 Å². The van der Waals surface area contributed by atoms with Gasteiger partial charge in [0.25, 0.3) is 0 Å². The Morgan fingerprint density at radius 3 is 2.59 bits per heavy atom. The van der Waals surface area contributed by atoms with Crippen LogP contribution in [0.4, 0.5) is 18.9 Å². The van der Waals surface area contributed by atoms with Gasteiger partial charge < -0.3 is 5.32 Å².